The zero-order valence-corrected chi connectivity index (χ0v) is 13.1. The molecule has 5 nitrogen and oxygen atoms in total. The van der Waals surface area contributed by atoms with Crippen LogP contribution in [-0.2, 0) is 24.3 Å². The summed E-state index contributed by atoms with van der Waals surface area (Å²) in [5.74, 6) is -0.0688. The second-order valence-corrected chi connectivity index (χ2v) is 5.82. The van der Waals surface area contributed by atoms with Gasteiger partial charge in [-0.2, -0.15) is 5.10 Å². The molecule has 110 valence electrons. The molecule has 1 aliphatic rings. The molecule has 0 bridgehead atoms. The van der Waals surface area contributed by atoms with Crippen LogP contribution in [-0.4, -0.2) is 28.8 Å². The number of ether oxygens (including phenoxy) is 1. The summed E-state index contributed by atoms with van der Waals surface area (Å²) in [7, 11) is 0. The molecule has 0 saturated carbocycles. The van der Waals surface area contributed by atoms with Crippen LogP contribution in [0.2, 0.25) is 0 Å². The summed E-state index contributed by atoms with van der Waals surface area (Å²) in [6.07, 6.45) is 2.74. The summed E-state index contributed by atoms with van der Waals surface area (Å²) in [4.78, 5) is 12.0. The third-order valence-corrected chi connectivity index (χ3v) is 3.97. The lowest BCUT2D eigenvalue weighted by molar-refractivity contribution is 0.0950. The fourth-order valence-corrected chi connectivity index (χ4v) is 2.81. The molecule has 0 aliphatic carbocycles. The van der Waals surface area contributed by atoms with Crippen LogP contribution < -0.4 is 5.32 Å². The van der Waals surface area contributed by atoms with E-state index in [0.717, 1.165) is 23.1 Å². The topological polar surface area (TPSA) is 56.2 Å². The SMILES string of the molecule is O=C(NCCn1ncc2c1CCOC2)c1cccc(Br)c1. The van der Waals surface area contributed by atoms with E-state index in [1.165, 1.54) is 5.69 Å². The lowest BCUT2D eigenvalue weighted by atomic mass is 10.2. The molecule has 1 aliphatic heterocycles. The highest BCUT2D eigenvalue weighted by Gasteiger charge is 2.15. The number of carbonyl (C=O) groups excluding carboxylic acids is 1. The highest BCUT2D eigenvalue weighted by atomic mass is 79.9. The second-order valence-electron chi connectivity index (χ2n) is 4.91. The average Bonchev–Trinajstić information content (AvgIpc) is 2.91. The van der Waals surface area contributed by atoms with E-state index < -0.39 is 0 Å². The Morgan fingerprint density at radius 3 is 3.24 bits per heavy atom. The van der Waals surface area contributed by atoms with Crippen LogP contribution in [0.15, 0.2) is 34.9 Å². The Morgan fingerprint density at radius 1 is 1.48 bits per heavy atom. The Hall–Kier alpha value is -1.66. The molecule has 2 aromatic rings. The number of nitrogens with one attached hydrogen (secondary N) is 1. The van der Waals surface area contributed by atoms with Crippen molar-refractivity contribution in [1.82, 2.24) is 15.1 Å². The van der Waals surface area contributed by atoms with Gasteiger partial charge < -0.3 is 10.1 Å². The van der Waals surface area contributed by atoms with Crippen LogP contribution in [0.4, 0.5) is 0 Å². The molecular weight excluding hydrogens is 334 g/mol. The van der Waals surface area contributed by atoms with Crippen molar-refractivity contribution < 1.29 is 9.53 Å². The van der Waals surface area contributed by atoms with Crippen molar-refractivity contribution in [2.24, 2.45) is 0 Å². The van der Waals surface area contributed by atoms with Gasteiger partial charge in [-0.1, -0.05) is 22.0 Å². The molecule has 2 heterocycles. The van der Waals surface area contributed by atoms with Gasteiger partial charge in [0.1, 0.15) is 0 Å². The highest BCUT2D eigenvalue weighted by molar-refractivity contribution is 9.10. The van der Waals surface area contributed by atoms with Gasteiger partial charge in [0.05, 0.1) is 26.0 Å². The van der Waals surface area contributed by atoms with Crippen molar-refractivity contribution in [3.63, 3.8) is 0 Å². The van der Waals surface area contributed by atoms with Gasteiger partial charge in [-0.25, -0.2) is 0 Å². The maximum atomic E-state index is 12.0. The first kappa shape index (κ1) is 14.3. The van der Waals surface area contributed by atoms with Crippen LogP contribution in [0.25, 0.3) is 0 Å². The standard InChI is InChI=1S/C15H16BrN3O2/c16-13-3-1-2-11(8-13)15(20)17-5-6-19-14-4-7-21-10-12(14)9-18-19/h1-3,8-9H,4-7,10H2,(H,17,20). The number of hydrogen-bond donors (Lipinski definition) is 1. The largest absolute Gasteiger partial charge is 0.376 e. The predicted octanol–water partition coefficient (Wildman–Crippen LogP) is 2.15. The first-order chi connectivity index (χ1) is 10.2. The van der Waals surface area contributed by atoms with Crippen LogP contribution in [0.3, 0.4) is 0 Å². The van der Waals surface area contributed by atoms with Crippen molar-refractivity contribution in [3.8, 4) is 0 Å². The zero-order chi connectivity index (χ0) is 14.7. The number of carbonyl (C=O) groups is 1. The number of rotatable bonds is 4. The Morgan fingerprint density at radius 2 is 2.38 bits per heavy atom. The summed E-state index contributed by atoms with van der Waals surface area (Å²) in [6.45, 7) is 2.61. The molecule has 0 saturated heterocycles. The molecule has 0 unspecified atom stereocenters. The van der Waals surface area contributed by atoms with Crippen molar-refractivity contribution >= 4 is 21.8 Å². The van der Waals surface area contributed by atoms with Crippen LogP contribution >= 0.6 is 15.9 Å². The summed E-state index contributed by atoms with van der Waals surface area (Å²) in [5, 5.41) is 7.28. The molecule has 0 fully saturated rings. The number of halogens is 1. The van der Waals surface area contributed by atoms with E-state index in [2.05, 4.69) is 26.3 Å². The Labute approximate surface area is 131 Å². The lowest BCUT2D eigenvalue weighted by Crippen LogP contribution is -2.28. The highest BCUT2D eigenvalue weighted by Crippen LogP contribution is 2.15. The molecule has 1 N–H and O–H groups in total. The third kappa shape index (κ3) is 3.33. The second kappa shape index (κ2) is 6.41. The normalized spacial score (nSPS) is 13.8. The fraction of sp³-hybridized carbons (Fsp3) is 0.333. The van der Waals surface area contributed by atoms with E-state index in [4.69, 9.17) is 4.74 Å². The predicted molar refractivity (Wildman–Crippen MR) is 82.1 cm³/mol. The number of amides is 1. The fourth-order valence-electron chi connectivity index (χ4n) is 2.41. The first-order valence-corrected chi connectivity index (χ1v) is 7.68. The first-order valence-electron chi connectivity index (χ1n) is 6.89. The van der Waals surface area contributed by atoms with Crippen molar-refractivity contribution in [2.75, 3.05) is 13.2 Å². The molecule has 21 heavy (non-hydrogen) atoms. The van der Waals surface area contributed by atoms with E-state index in [-0.39, 0.29) is 5.91 Å². The number of benzene rings is 1. The van der Waals surface area contributed by atoms with E-state index in [1.807, 2.05) is 29.1 Å². The minimum absolute atomic E-state index is 0.0688. The minimum Gasteiger partial charge on any atom is -0.376 e. The van der Waals surface area contributed by atoms with E-state index >= 15 is 0 Å². The van der Waals surface area contributed by atoms with Gasteiger partial charge in [0.15, 0.2) is 0 Å². The van der Waals surface area contributed by atoms with Gasteiger partial charge in [-0.15, -0.1) is 0 Å². The van der Waals surface area contributed by atoms with Crippen LogP contribution in [0.1, 0.15) is 21.6 Å². The van der Waals surface area contributed by atoms with E-state index in [1.54, 1.807) is 6.07 Å². The number of hydrogen-bond acceptors (Lipinski definition) is 3. The quantitative estimate of drug-likeness (QED) is 0.919. The molecule has 3 rings (SSSR count). The van der Waals surface area contributed by atoms with Crippen molar-refractivity contribution in [2.45, 2.75) is 19.6 Å². The Balaban J connectivity index is 1.56. The molecule has 1 aromatic heterocycles. The van der Waals surface area contributed by atoms with Gasteiger partial charge in [0, 0.05) is 34.3 Å². The molecule has 1 aromatic carbocycles. The lowest BCUT2D eigenvalue weighted by Gasteiger charge is -2.14. The van der Waals surface area contributed by atoms with Gasteiger partial charge >= 0.3 is 0 Å². The summed E-state index contributed by atoms with van der Waals surface area (Å²) in [6, 6.07) is 7.35. The average molecular weight is 350 g/mol. The molecule has 6 heteroatoms. The number of fused-ring (bicyclic) bond motifs is 1. The molecule has 0 spiro atoms. The number of nitrogens with zero attached hydrogens (tertiary/aromatic N) is 2. The van der Waals surface area contributed by atoms with Crippen LogP contribution in [0, 0.1) is 0 Å². The summed E-state index contributed by atoms with van der Waals surface area (Å²) >= 11 is 3.37. The molecule has 1 amide bonds. The van der Waals surface area contributed by atoms with E-state index in [0.29, 0.717) is 25.3 Å². The maximum absolute atomic E-state index is 12.0. The van der Waals surface area contributed by atoms with E-state index in [9.17, 15) is 4.79 Å². The zero-order valence-electron chi connectivity index (χ0n) is 11.5. The monoisotopic (exact) mass is 349 g/mol. The van der Waals surface area contributed by atoms with Crippen molar-refractivity contribution in [1.29, 1.82) is 0 Å². The smallest absolute Gasteiger partial charge is 0.251 e. The Kier molecular flexibility index (Phi) is 4.36. The maximum Gasteiger partial charge on any atom is 0.251 e. The molecule has 0 atom stereocenters. The summed E-state index contributed by atoms with van der Waals surface area (Å²) in [5.41, 5.74) is 3.03. The summed E-state index contributed by atoms with van der Waals surface area (Å²) < 4.78 is 8.25. The van der Waals surface area contributed by atoms with Crippen LogP contribution in [0.5, 0.6) is 0 Å². The van der Waals surface area contributed by atoms with Gasteiger partial charge in [-0.05, 0) is 18.2 Å². The van der Waals surface area contributed by atoms with Gasteiger partial charge in [-0.3, -0.25) is 9.48 Å². The van der Waals surface area contributed by atoms with Gasteiger partial charge in [0.25, 0.3) is 5.91 Å². The minimum atomic E-state index is -0.0688. The molecule has 0 radical (unpaired) electrons. The number of aromatic nitrogens is 2. The van der Waals surface area contributed by atoms with Gasteiger partial charge in [0.2, 0.25) is 0 Å². The Bertz CT molecular complexity index is 654. The molecular formula is C15H16BrN3O2. The third-order valence-electron chi connectivity index (χ3n) is 3.47. The van der Waals surface area contributed by atoms with Crippen molar-refractivity contribution in [3.05, 3.63) is 51.8 Å².